The second-order valence-corrected chi connectivity index (χ2v) is 6.41. The Bertz CT molecular complexity index is 1030. The molecule has 0 spiro atoms. The number of amides is 1. The second-order valence-electron chi connectivity index (χ2n) is 6.41. The van der Waals surface area contributed by atoms with Crippen molar-refractivity contribution in [3.8, 4) is 11.3 Å². The van der Waals surface area contributed by atoms with Crippen LogP contribution in [-0.4, -0.2) is 25.4 Å². The van der Waals surface area contributed by atoms with Crippen molar-refractivity contribution in [1.82, 2.24) is 24.8 Å². The molecule has 0 saturated carbocycles. The number of benzene rings is 1. The molecular formula is C22H19N5O. The lowest BCUT2D eigenvalue weighted by Gasteiger charge is -2.08. The van der Waals surface area contributed by atoms with Crippen LogP contribution in [0.15, 0.2) is 85.8 Å². The van der Waals surface area contributed by atoms with Crippen LogP contribution in [0.5, 0.6) is 0 Å². The van der Waals surface area contributed by atoms with E-state index in [1.165, 1.54) is 0 Å². The summed E-state index contributed by atoms with van der Waals surface area (Å²) in [6, 6.07) is 15.3. The Morgan fingerprint density at radius 2 is 1.79 bits per heavy atom. The van der Waals surface area contributed by atoms with Crippen LogP contribution in [0.4, 0.5) is 0 Å². The maximum Gasteiger partial charge on any atom is 0.251 e. The monoisotopic (exact) mass is 369 g/mol. The van der Waals surface area contributed by atoms with Gasteiger partial charge in [0.15, 0.2) is 0 Å². The van der Waals surface area contributed by atoms with Crippen molar-refractivity contribution in [3.63, 3.8) is 0 Å². The molecule has 3 aromatic heterocycles. The summed E-state index contributed by atoms with van der Waals surface area (Å²) < 4.78 is 1.98. The number of nitrogens with one attached hydrogen (secondary N) is 1. The van der Waals surface area contributed by atoms with Crippen molar-refractivity contribution < 1.29 is 4.79 Å². The zero-order chi connectivity index (χ0) is 19.2. The molecule has 1 amide bonds. The second kappa shape index (κ2) is 8.26. The number of pyridine rings is 2. The minimum atomic E-state index is -0.106. The lowest BCUT2D eigenvalue weighted by atomic mass is 10.1. The van der Waals surface area contributed by atoms with Gasteiger partial charge in [-0.3, -0.25) is 14.8 Å². The van der Waals surface area contributed by atoms with E-state index in [1.54, 1.807) is 31.1 Å². The maximum atomic E-state index is 12.4. The molecule has 0 aliphatic carbocycles. The highest BCUT2D eigenvalue weighted by Gasteiger charge is 2.06. The fourth-order valence-corrected chi connectivity index (χ4v) is 2.85. The van der Waals surface area contributed by atoms with Gasteiger partial charge in [-0.1, -0.05) is 18.2 Å². The summed E-state index contributed by atoms with van der Waals surface area (Å²) in [5.41, 5.74) is 4.52. The third-order valence-corrected chi connectivity index (χ3v) is 4.38. The van der Waals surface area contributed by atoms with E-state index in [0.717, 1.165) is 28.9 Å². The zero-order valence-corrected chi connectivity index (χ0v) is 15.2. The first kappa shape index (κ1) is 17.6. The average molecular weight is 369 g/mol. The Morgan fingerprint density at radius 3 is 2.46 bits per heavy atom. The van der Waals surface area contributed by atoms with E-state index in [1.807, 2.05) is 59.3 Å². The molecule has 3 heterocycles. The van der Waals surface area contributed by atoms with Gasteiger partial charge in [-0.2, -0.15) is 0 Å². The van der Waals surface area contributed by atoms with Crippen LogP contribution in [0.25, 0.3) is 11.3 Å². The third-order valence-electron chi connectivity index (χ3n) is 4.38. The fraction of sp³-hybridized carbons (Fsp3) is 0.0909. The van der Waals surface area contributed by atoms with E-state index >= 15 is 0 Å². The molecule has 6 heteroatoms. The number of carbonyl (C=O) groups excluding carboxylic acids is 1. The molecule has 28 heavy (non-hydrogen) atoms. The summed E-state index contributed by atoms with van der Waals surface area (Å²) in [5.74, 6) is -0.106. The summed E-state index contributed by atoms with van der Waals surface area (Å²) >= 11 is 0. The number of hydrogen-bond donors (Lipinski definition) is 1. The van der Waals surface area contributed by atoms with E-state index in [2.05, 4.69) is 20.3 Å². The van der Waals surface area contributed by atoms with E-state index in [4.69, 9.17) is 0 Å². The van der Waals surface area contributed by atoms with Crippen molar-refractivity contribution in [1.29, 1.82) is 0 Å². The van der Waals surface area contributed by atoms with Crippen molar-refractivity contribution in [3.05, 3.63) is 103 Å². The summed E-state index contributed by atoms with van der Waals surface area (Å²) in [6.07, 6.45) is 10.7. The summed E-state index contributed by atoms with van der Waals surface area (Å²) in [5, 5.41) is 2.93. The van der Waals surface area contributed by atoms with Crippen molar-refractivity contribution in [2.45, 2.75) is 13.1 Å². The summed E-state index contributed by atoms with van der Waals surface area (Å²) in [7, 11) is 0. The molecule has 4 rings (SSSR count). The Balaban J connectivity index is 1.34. The van der Waals surface area contributed by atoms with Gasteiger partial charge >= 0.3 is 0 Å². The normalized spacial score (nSPS) is 10.6. The first-order valence-corrected chi connectivity index (χ1v) is 8.96. The highest BCUT2D eigenvalue weighted by molar-refractivity contribution is 5.94. The largest absolute Gasteiger partial charge is 0.348 e. The van der Waals surface area contributed by atoms with Gasteiger partial charge in [-0.25, -0.2) is 4.98 Å². The Morgan fingerprint density at radius 1 is 0.929 bits per heavy atom. The molecule has 0 fully saturated rings. The van der Waals surface area contributed by atoms with Crippen LogP contribution in [0, 0.1) is 0 Å². The standard InChI is InChI=1S/C22H19N5O/c28-22(19-6-3-17(4-7-19)15-27-11-10-24-16-27)26-13-18-5-8-21(25-12-18)20-2-1-9-23-14-20/h1-12,14,16H,13,15H2,(H,26,28). The van der Waals surface area contributed by atoms with E-state index in [-0.39, 0.29) is 5.91 Å². The first-order valence-electron chi connectivity index (χ1n) is 8.96. The zero-order valence-electron chi connectivity index (χ0n) is 15.2. The molecule has 0 aliphatic rings. The van der Waals surface area contributed by atoms with Gasteiger partial charge in [-0.15, -0.1) is 0 Å². The number of hydrogen-bond acceptors (Lipinski definition) is 4. The molecule has 0 unspecified atom stereocenters. The van der Waals surface area contributed by atoms with Crippen LogP contribution in [0.1, 0.15) is 21.5 Å². The topological polar surface area (TPSA) is 72.7 Å². The Labute approximate surface area is 162 Å². The highest BCUT2D eigenvalue weighted by Crippen LogP contribution is 2.15. The van der Waals surface area contributed by atoms with Crippen LogP contribution in [0.2, 0.25) is 0 Å². The van der Waals surface area contributed by atoms with Gasteiger partial charge in [0.05, 0.1) is 12.0 Å². The summed E-state index contributed by atoms with van der Waals surface area (Å²) in [4.78, 5) is 25.0. The van der Waals surface area contributed by atoms with Gasteiger partial charge < -0.3 is 9.88 Å². The van der Waals surface area contributed by atoms with Crippen LogP contribution < -0.4 is 5.32 Å². The highest BCUT2D eigenvalue weighted by atomic mass is 16.1. The van der Waals surface area contributed by atoms with E-state index < -0.39 is 0 Å². The number of rotatable bonds is 6. The minimum Gasteiger partial charge on any atom is -0.348 e. The van der Waals surface area contributed by atoms with Gasteiger partial charge in [-0.05, 0) is 41.5 Å². The molecule has 0 saturated heterocycles. The predicted molar refractivity (Wildman–Crippen MR) is 106 cm³/mol. The van der Waals surface area contributed by atoms with Gasteiger partial charge in [0.1, 0.15) is 0 Å². The SMILES string of the molecule is O=C(NCc1ccc(-c2cccnc2)nc1)c1ccc(Cn2ccnc2)cc1. The van der Waals surface area contributed by atoms with Gasteiger partial charge in [0, 0.05) is 55.2 Å². The molecule has 138 valence electrons. The quantitative estimate of drug-likeness (QED) is 0.566. The number of nitrogens with zero attached hydrogens (tertiary/aromatic N) is 4. The Kier molecular flexibility index (Phi) is 5.20. The number of aromatic nitrogens is 4. The maximum absolute atomic E-state index is 12.4. The van der Waals surface area contributed by atoms with E-state index in [0.29, 0.717) is 12.1 Å². The molecule has 0 atom stereocenters. The van der Waals surface area contributed by atoms with Crippen LogP contribution >= 0.6 is 0 Å². The van der Waals surface area contributed by atoms with Crippen molar-refractivity contribution in [2.24, 2.45) is 0 Å². The molecule has 6 nitrogen and oxygen atoms in total. The molecule has 1 aromatic carbocycles. The molecule has 1 N–H and O–H groups in total. The molecule has 0 aliphatic heterocycles. The first-order chi connectivity index (χ1) is 13.8. The average Bonchev–Trinajstić information content (AvgIpc) is 3.27. The third kappa shape index (κ3) is 4.29. The van der Waals surface area contributed by atoms with Crippen LogP contribution in [-0.2, 0) is 13.1 Å². The van der Waals surface area contributed by atoms with Gasteiger partial charge in [0.2, 0.25) is 0 Å². The minimum absolute atomic E-state index is 0.106. The van der Waals surface area contributed by atoms with E-state index in [9.17, 15) is 4.79 Å². The lowest BCUT2D eigenvalue weighted by molar-refractivity contribution is 0.0951. The van der Waals surface area contributed by atoms with Crippen molar-refractivity contribution >= 4 is 5.91 Å². The summed E-state index contributed by atoms with van der Waals surface area (Å²) in [6.45, 7) is 1.16. The smallest absolute Gasteiger partial charge is 0.251 e. The van der Waals surface area contributed by atoms with Crippen LogP contribution in [0.3, 0.4) is 0 Å². The number of imidazole rings is 1. The molecule has 0 bridgehead atoms. The molecule has 4 aromatic rings. The Hall–Kier alpha value is -3.80. The van der Waals surface area contributed by atoms with Gasteiger partial charge in [0.25, 0.3) is 5.91 Å². The number of carbonyl (C=O) groups is 1. The fourth-order valence-electron chi connectivity index (χ4n) is 2.85. The van der Waals surface area contributed by atoms with Crippen molar-refractivity contribution in [2.75, 3.05) is 0 Å². The molecular weight excluding hydrogens is 350 g/mol. The lowest BCUT2D eigenvalue weighted by Crippen LogP contribution is -2.22. The molecule has 0 radical (unpaired) electrons. The predicted octanol–water partition coefficient (Wildman–Crippen LogP) is 3.32.